The van der Waals surface area contributed by atoms with Crippen LogP contribution in [0.5, 0.6) is 5.75 Å². The topological polar surface area (TPSA) is 20.2 Å². The van der Waals surface area contributed by atoms with Crippen LogP contribution >= 0.6 is 136 Å². The second-order valence-electron chi connectivity index (χ2n) is 28.4. The highest BCUT2D eigenvalue weighted by atomic mass is 79.9. The first-order valence-electron chi connectivity index (χ1n) is 36.0. The summed E-state index contributed by atoms with van der Waals surface area (Å²) in [5.41, 5.74) is 14.4. The van der Waals surface area contributed by atoms with Gasteiger partial charge in [-0.2, -0.15) is 0 Å². The molecule has 1 N–H and O–H groups in total. The molecule has 5 heterocycles. The maximum Gasteiger partial charge on any atom is 0.130 e. The zero-order chi connectivity index (χ0) is 76.6. The van der Waals surface area contributed by atoms with Crippen molar-refractivity contribution >= 4 is 249 Å². The highest BCUT2D eigenvalue weighted by molar-refractivity contribution is 9.11. The summed E-state index contributed by atoms with van der Waals surface area (Å²) in [5.74, 6) is 6.39. The van der Waals surface area contributed by atoms with E-state index in [1.807, 2.05) is 63.5 Å². The van der Waals surface area contributed by atoms with E-state index in [0.29, 0.717) is 0 Å². The van der Waals surface area contributed by atoms with Crippen LogP contribution in [-0.4, -0.2) is 13.2 Å². The lowest BCUT2D eigenvalue weighted by molar-refractivity contribution is 0.473. The highest BCUT2D eigenvalue weighted by Crippen LogP contribution is 2.44. The summed E-state index contributed by atoms with van der Waals surface area (Å²) in [6.07, 6.45) is 5.56. The number of benzene rings is 15. The number of fused-ring (bicyclic) bond motifs is 10. The van der Waals surface area contributed by atoms with E-state index in [1.54, 1.807) is 17.4 Å². The lowest BCUT2D eigenvalue weighted by Gasteiger charge is -2.05. The predicted molar refractivity (Wildman–Crippen MR) is 512 cm³/mol. The molecule has 12 heteroatoms. The molecule has 0 saturated carbocycles. The molecule has 0 radical (unpaired) electrons. The molecular weight excluding hydrogens is 1790 g/mol. The van der Waals surface area contributed by atoms with E-state index >= 15 is 0 Å². The highest BCUT2D eigenvalue weighted by Gasteiger charge is 2.15. The van der Waals surface area contributed by atoms with Crippen LogP contribution in [0.2, 0.25) is 19.6 Å². The third-order valence-corrected chi connectivity index (χ3v) is 29.5. The summed E-state index contributed by atoms with van der Waals surface area (Å²) < 4.78 is 11.7. The Bertz CT molecular complexity index is 6480. The molecular formula is C99H67Br5OS5Si. The van der Waals surface area contributed by atoms with Gasteiger partial charge in [-0.25, -0.2) is 0 Å². The fourth-order valence-corrected chi connectivity index (χ4v) is 21.5. The summed E-state index contributed by atoms with van der Waals surface area (Å²) in [4.78, 5) is 6.54. The zero-order valence-electron chi connectivity index (χ0n) is 60.8. The molecule has 1 nitrogen and oxygen atoms in total. The number of aromatic hydroxyl groups is 1. The molecule has 0 spiro atoms. The van der Waals surface area contributed by atoms with Gasteiger partial charge in [0.05, 0.1) is 4.47 Å². The fourth-order valence-electron chi connectivity index (χ4n) is 13.4. The van der Waals surface area contributed by atoms with Crippen molar-refractivity contribution in [2.24, 2.45) is 0 Å². The second-order valence-corrected chi connectivity index (χ2v) is 42.8. The number of phenols is 1. The summed E-state index contributed by atoms with van der Waals surface area (Å²) in [6.45, 7) is 11.1. The number of thiophene rings is 5. The molecule has 538 valence electrons. The number of hydrogen-bond donors (Lipinski definition) is 1. The van der Waals surface area contributed by atoms with E-state index in [0.717, 1.165) is 35.3 Å². The maximum atomic E-state index is 9.83. The van der Waals surface area contributed by atoms with Gasteiger partial charge >= 0.3 is 0 Å². The quantitative estimate of drug-likeness (QED) is 0.134. The first kappa shape index (κ1) is 76.0. The van der Waals surface area contributed by atoms with Crippen molar-refractivity contribution < 1.29 is 5.11 Å². The normalized spacial score (nSPS) is 11.3. The standard InChI is InChI=1S/C23H19BrSSi.C20H11BrS.2C19H13BrS.C18H11BrOS/c1-26(2,3)10-9-17-11-18-12-20-15-22(16-7-5-4-6-8-16)25-23(20)14-19(18)13-21(17)24;1-2-13-8-15-9-17-12-19(14-6-4-3-5-7-14)22-20(17)11-16(15)10-18(13)21;2*1-12-7-14-8-16-11-18(13-5-3-2-4-6-13)21-19(16)10-15(14)9-17(12)20;19-15-7-13-9-18-14(6-12(13)8-16(15)20)10-17(21-18)11-4-2-1-3-5-11/h4-8,11-15H,1-3H3;1,3-12H;2*2-11H,1H3;1-10,20H. The van der Waals surface area contributed by atoms with Crippen molar-refractivity contribution in [3.63, 3.8) is 0 Å². The Morgan fingerprint density at radius 3 is 0.802 bits per heavy atom. The largest absolute Gasteiger partial charge is 0.507 e. The molecule has 20 aromatic rings. The van der Waals surface area contributed by atoms with Crippen molar-refractivity contribution in [1.82, 2.24) is 0 Å². The fraction of sp³-hybridized carbons (Fsp3) is 0.0505. The Hall–Kier alpha value is -9.06. The number of hydrogen-bond acceptors (Lipinski definition) is 6. The monoisotopic (exact) mass is 1850 g/mol. The van der Waals surface area contributed by atoms with Crippen LogP contribution < -0.4 is 0 Å². The van der Waals surface area contributed by atoms with Crippen molar-refractivity contribution in [2.45, 2.75) is 33.5 Å². The van der Waals surface area contributed by atoms with E-state index in [4.69, 9.17) is 6.42 Å². The van der Waals surface area contributed by atoms with Gasteiger partial charge in [-0.05, 0) is 321 Å². The molecule has 0 fully saturated rings. The first-order chi connectivity index (χ1) is 53.7. The Morgan fingerprint density at radius 2 is 0.514 bits per heavy atom. The molecule has 0 bridgehead atoms. The van der Waals surface area contributed by atoms with E-state index in [-0.39, 0.29) is 5.75 Å². The maximum absolute atomic E-state index is 9.83. The van der Waals surface area contributed by atoms with Crippen molar-refractivity contribution in [3.8, 4) is 81.8 Å². The second kappa shape index (κ2) is 32.9. The summed E-state index contributed by atoms with van der Waals surface area (Å²) >= 11 is 27.1. The van der Waals surface area contributed by atoms with E-state index < -0.39 is 8.07 Å². The molecule has 20 rings (SSSR count). The number of phenolic OH excluding ortho intramolecular Hbond substituents is 1. The van der Waals surface area contributed by atoms with Gasteiger partial charge in [0.25, 0.3) is 0 Å². The van der Waals surface area contributed by atoms with Gasteiger partial charge in [0, 0.05) is 76.9 Å². The molecule has 0 aliphatic heterocycles. The third kappa shape index (κ3) is 17.3. The van der Waals surface area contributed by atoms with Crippen molar-refractivity contribution in [1.29, 1.82) is 0 Å². The summed E-state index contributed by atoms with van der Waals surface area (Å²) in [5, 5.41) is 28.5. The number of rotatable bonds is 5. The number of halogens is 5. The van der Waals surface area contributed by atoms with Crippen LogP contribution in [0.4, 0.5) is 0 Å². The van der Waals surface area contributed by atoms with E-state index in [1.165, 1.54) is 166 Å². The smallest absolute Gasteiger partial charge is 0.130 e. The van der Waals surface area contributed by atoms with Gasteiger partial charge in [0.2, 0.25) is 0 Å². The average Bonchev–Trinajstić information content (AvgIpc) is 1.59. The molecule has 0 aliphatic carbocycles. The molecule has 5 aromatic heterocycles. The minimum Gasteiger partial charge on any atom is -0.507 e. The molecule has 0 unspecified atom stereocenters. The van der Waals surface area contributed by atoms with Crippen molar-refractivity contribution in [2.75, 3.05) is 0 Å². The van der Waals surface area contributed by atoms with Crippen LogP contribution in [0.3, 0.4) is 0 Å². The van der Waals surface area contributed by atoms with Crippen molar-refractivity contribution in [3.05, 3.63) is 348 Å². The van der Waals surface area contributed by atoms with Crippen LogP contribution in [0.1, 0.15) is 22.3 Å². The van der Waals surface area contributed by atoms with Gasteiger partial charge < -0.3 is 5.11 Å². The molecule has 0 atom stereocenters. The van der Waals surface area contributed by atoms with Gasteiger partial charge in [0.15, 0.2) is 0 Å². The molecule has 0 amide bonds. The van der Waals surface area contributed by atoms with Crippen LogP contribution in [0.15, 0.2) is 326 Å². The van der Waals surface area contributed by atoms with Gasteiger partial charge in [0.1, 0.15) is 13.8 Å². The lowest BCUT2D eigenvalue weighted by atomic mass is 10.1. The SMILES string of the molecule is C#Cc1cc2cc3cc(-c4ccccc4)sc3cc2cc1Br.C[Si](C)(C)C#Cc1cc2cc3cc(-c4ccccc4)sc3cc2cc1Br.Cc1cc2cc3cc(-c4ccccc4)sc3cc2cc1Br.Cc1cc2cc3cc(-c4ccccc4)sc3cc2cc1Br.Oc1cc2cc3cc(-c4ccccc4)sc3cc2cc1Br. The number of aryl methyl sites for hydroxylation is 2. The van der Waals surface area contributed by atoms with Gasteiger partial charge in [-0.1, -0.05) is 227 Å². The van der Waals surface area contributed by atoms with Crippen LogP contribution in [-0.2, 0) is 0 Å². The molecule has 111 heavy (non-hydrogen) atoms. The first-order valence-corrected chi connectivity index (χ1v) is 47.5. The predicted octanol–water partition coefficient (Wildman–Crippen LogP) is 34.0. The third-order valence-electron chi connectivity index (χ3n) is 19.2. The summed E-state index contributed by atoms with van der Waals surface area (Å²) in [6, 6.07) is 108. The zero-order valence-corrected chi connectivity index (χ0v) is 73.8. The van der Waals surface area contributed by atoms with E-state index in [2.05, 4.69) is 410 Å². The van der Waals surface area contributed by atoms with Crippen LogP contribution in [0.25, 0.3) is 156 Å². The average molecular weight is 1860 g/mol. The minimum absolute atomic E-state index is 0.278. The lowest BCUT2D eigenvalue weighted by Crippen LogP contribution is -2.16. The van der Waals surface area contributed by atoms with Crippen LogP contribution in [0, 0.1) is 37.7 Å². The molecule has 15 aromatic carbocycles. The summed E-state index contributed by atoms with van der Waals surface area (Å²) in [7, 11) is -1.39. The molecule has 0 saturated heterocycles. The Labute approximate surface area is 709 Å². The number of terminal acetylenes is 1. The van der Waals surface area contributed by atoms with E-state index in [9.17, 15) is 5.11 Å². The van der Waals surface area contributed by atoms with Gasteiger partial charge in [-0.3, -0.25) is 0 Å². The Balaban J connectivity index is 0.000000105. The Kier molecular flexibility index (Phi) is 22.5. The molecule has 0 aliphatic rings. The Morgan fingerprint density at radius 1 is 0.270 bits per heavy atom. The van der Waals surface area contributed by atoms with Gasteiger partial charge in [-0.15, -0.1) is 68.7 Å². The minimum atomic E-state index is -1.39.